The fourth-order valence-corrected chi connectivity index (χ4v) is 4.59. The molecule has 0 amide bonds. The van der Waals surface area contributed by atoms with E-state index in [0.717, 1.165) is 37.1 Å². The molecule has 8 heteroatoms. The molecule has 1 aliphatic carbocycles. The Hall–Kier alpha value is -1.54. The molecule has 1 N–H and O–H groups in total. The maximum atomic E-state index is 11.7. The highest BCUT2D eigenvalue weighted by Crippen LogP contribution is 2.30. The van der Waals surface area contributed by atoms with E-state index in [-0.39, 0.29) is 17.8 Å². The summed E-state index contributed by atoms with van der Waals surface area (Å²) in [7, 11) is 0.417. The molecule has 0 radical (unpaired) electrons. The fourth-order valence-electron chi connectivity index (χ4n) is 3.47. The van der Waals surface area contributed by atoms with Crippen molar-refractivity contribution in [2.24, 2.45) is 20.9 Å². The smallest absolute Gasteiger partial charge is 0.211 e. The Bertz CT molecular complexity index is 672. The van der Waals surface area contributed by atoms with Crippen LogP contribution in [0.4, 0.5) is 0 Å². The van der Waals surface area contributed by atoms with E-state index in [9.17, 15) is 8.42 Å². The Morgan fingerprint density at radius 1 is 1.26 bits per heavy atom. The first kappa shape index (κ1) is 16.3. The summed E-state index contributed by atoms with van der Waals surface area (Å²) in [5.74, 6) is 1.41. The van der Waals surface area contributed by atoms with Crippen LogP contribution in [-0.4, -0.2) is 63.8 Å². The maximum absolute atomic E-state index is 11.7. The highest BCUT2D eigenvalue weighted by Gasteiger charge is 2.31. The molecule has 3 aliphatic rings. The number of aliphatic imine (C=N–C) groups is 3. The van der Waals surface area contributed by atoms with Crippen LogP contribution in [0.25, 0.3) is 0 Å². The normalized spacial score (nSPS) is 29.9. The van der Waals surface area contributed by atoms with Crippen LogP contribution < -0.4 is 4.72 Å². The summed E-state index contributed by atoms with van der Waals surface area (Å²) < 4.78 is 25.8. The molecule has 0 spiro atoms. The first-order valence-electron chi connectivity index (χ1n) is 7.97. The quantitative estimate of drug-likeness (QED) is 0.823. The van der Waals surface area contributed by atoms with Crippen LogP contribution in [0.15, 0.2) is 26.6 Å². The van der Waals surface area contributed by atoms with Crippen LogP contribution in [0.5, 0.6) is 0 Å². The topological polar surface area (TPSA) is 86.5 Å². The summed E-state index contributed by atoms with van der Waals surface area (Å²) in [6.45, 7) is 0. The first-order chi connectivity index (χ1) is 11.0. The van der Waals surface area contributed by atoms with Crippen LogP contribution >= 0.6 is 0 Å². The van der Waals surface area contributed by atoms with Gasteiger partial charge >= 0.3 is 0 Å². The van der Waals surface area contributed by atoms with Crippen molar-refractivity contribution in [3.8, 4) is 0 Å². The number of nitrogens with zero attached hydrogens (tertiary/aromatic N) is 4. The number of amidine groups is 1. The van der Waals surface area contributed by atoms with E-state index >= 15 is 0 Å². The third-order valence-electron chi connectivity index (χ3n) is 4.87. The van der Waals surface area contributed by atoms with Gasteiger partial charge < -0.3 is 4.90 Å². The predicted octanol–water partition coefficient (Wildman–Crippen LogP) is 0.804. The molecule has 126 valence electrons. The molecule has 0 aromatic rings. The minimum absolute atomic E-state index is 0.137. The second kappa shape index (κ2) is 6.52. The minimum Gasteiger partial charge on any atom is -0.356 e. The van der Waals surface area contributed by atoms with E-state index in [2.05, 4.69) is 31.6 Å². The van der Waals surface area contributed by atoms with Gasteiger partial charge in [0.05, 0.1) is 5.75 Å². The van der Waals surface area contributed by atoms with E-state index in [1.54, 1.807) is 12.6 Å². The van der Waals surface area contributed by atoms with E-state index in [1.165, 1.54) is 7.05 Å². The highest BCUT2D eigenvalue weighted by atomic mass is 32.2. The average Bonchev–Trinajstić information content (AvgIpc) is 3.03. The van der Waals surface area contributed by atoms with Crippen LogP contribution in [0.1, 0.15) is 25.7 Å². The van der Waals surface area contributed by atoms with Crippen LogP contribution in [0, 0.1) is 5.92 Å². The van der Waals surface area contributed by atoms with Gasteiger partial charge in [-0.05, 0) is 44.7 Å². The Labute approximate surface area is 137 Å². The van der Waals surface area contributed by atoms with Gasteiger partial charge in [-0.1, -0.05) is 0 Å². The van der Waals surface area contributed by atoms with Crippen molar-refractivity contribution in [2.45, 2.75) is 37.9 Å². The molecule has 23 heavy (non-hydrogen) atoms. The van der Waals surface area contributed by atoms with Crippen LogP contribution in [0.2, 0.25) is 0 Å². The van der Waals surface area contributed by atoms with Crippen molar-refractivity contribution in [1.82, 2.24) is 9.62 Å². The van der Waals surface area contributed by atoms with Crippen molar-refractivity contribution < 1.29 is 8.42 Å². The van der Waals surface area contributed by atoms with Gasteiger partial charge in [0.2, 0.25) is 10.0 Å². The van der Waals surface area contributed by atoms with Gasteiger partial charge in [0.25, 0.3) is 0 Å². The molecule has 0 unspecified atom stereocenters. The van der Waals surface area contributed by atoms with Gasteiger partial charge in [-0.2, -0.15) is 0 Å². The maximum Gasteiger partial charge on any atom is 0.211 e. The standard InChI is InChI=1S/C15H23N5O2S/c1-16-23(21,22)9-11-3-5-12(6-4-11)20(2)15-13-7-8-17-14(13)18-10-19-15/h7-8,10-12,14,16H,3-6,9H2,1-2H3/t11?,12?,14-/m0/s1. The number of rotatable bonds is 4. The number of nitrogens with one attached hydrogen (secondary N) is 1. The zero-order valence-corrected chi connectivity index (χ0v) is 14.3. The van der Waals surface area contributed by atoms with Gasteiger partial charge in [-0.3, -0.25) is 4.99 Å². The lowest BCUT2D eigenvalue weighted by molar-refractivity contribution is 0.239. The zero-order chi connectivity index (χ0) is 16.4. The summed E-state index contributed by atoms with van der Waals surface area (Å²) in [5.41, 5.74) is 1.05. The van der Waals surface area contributed by atoms with Gasteiger partial charge in [0, 0.05) is 24.9 Å². The van der Waals surface area contributed by atoms with Crippen LogP contribution in [-0.2, 0) is 10.0 Å². The van der Waals surface area contributed by atoms with E-state index in [1.807, 2.05) is 6.08 Å². The van der Waals surface area contributed by atoms with Gasteiger partial charge in [0.1, 0.15) is 12.2 Å². The van der Waals surface area contributed by atoms with Crippen molar-refractivity contribution in [3.05, 3.63) is 11.6 Å². The van der Waals surface area contributed by atoms with E-state index < -0.39 is 10.0 Å². The Morgan fingerprint density at radius 3 is 2.70 bits per heavy atom. The zero-order valence-electron chi connectivity index (χ0n) is 13.5. The highest BCUT2D eigenvalue weighted by molar-refractivity contribution is 7.89. The minimum atomic E-state index is -3.12. The lowest BCUT2D eigenvalue weighted by atomic mass is 9.86. The van der Waals surface area contributed by atoms with Crippen molar-refractivity contribution in [2.75, 3.05) is 19.8 Å². The van der Waals surface area contributed by atoms with E-state index in [0.29, 0.717) is 6.04 Å². The second-order valence-electron chi connectivity index (χ2n) is 6.28. The second-order valence-corrected chi connectivity index (χ2v) is 8.25. The third kappa shape index (κ3) is 3.53. The number of hydrogen-bond donors (Lipinski definition) is 1. The number of hydrogen-bond acceptors (Lipinski definition) is 6. The summed E-state index contributed by atoms with van der Waals surface area (Å²) in [6.07, 6.45) is 9.02. The number of likely N-dealkylation sites (N-methyl/N-ethyl adjacent to an activating group) is 1. The SMILES string of the molecule is CNS(=O)(=O)CC1CCC(N(C)C2=NC=N[C@@H]3N=CC=C23)CC1. The number of allylic oxidation sites excluding steroid dienone is 1. The summed E-state index contributed by atoms with van der Waals surface area (Å²) in [4.78, 5) is 15.2. The van der Waals surface area contributed by atoms with Gasteiger partial charge in [-0.25, -0.2) is 23.1 Å². The first-order valence-corrected chi connectivity index (χ1v) is 9.62. The lowest BCUT2D eigenvalue weighted by Crippen LogP contribution is -2.43. The Balaban J connectivity index is 1.60. The summed E-state index contributed by atoms with van der Waals surface area (Å²) in [6, 6.07) is 0.385. The molecule has 1 fully saturated rings. The monoisotopic (exact) mass is 337 g/mol. The average molecular weight is 337 g/mol. The molecular weight excluding hydrogens is 314 g/mol. The van der Waals surface area contributed by atoms with Gasteiger partial charge in [0.15, 0.2) is 6.17 Å². The van der Waals surface area contributed by atoms with Crippen molar-refractivity contribution in [1.29, 1.82) is 0 Å². The molecule has 2 aliphatic heterocycles. The fraction of sp³-hybridized carbons (Fsp3) is 0.667. The number of sulfonamides is 1. The van der Waals surface area contributed by atoms with Crippen molar-refractivity contribution in [3.63, 3.8) is 0 Å². The molecule has 3 rings (SSSR count). The predicted molar refractivity (Wildman–Crippen MR) is 92.6 cm³/mol. The Morgan fingerprint density at radius 2 is 2.00 bits per heavy atom. The molecule has 0 aromatic carbocycles. The summed E-state index contributed by atoms with van der Waals surface area (Å²) in [5, 5.41) is 0. The molecule has 7 nitrogen and oxygen atoms in total. The third-order valence-corrected chi connectivity index (χ3v) is 6.40. The molecular formula is C15H23N5O2S. The lowest BCUT2D eigenvalue weighted by Gasteiger charge is -2.37. The molecule has 2 heterocycles. The molecule has 0 bridgehead atoms. The van der Waals surface area contributed by atoms with Crippen LogP contribution in [0.3, 0.4) is 0 Å². The molecule has 0 aromatic heterocycles. The number of fused-ring (bicyclic) bond motifs is 1. The van der Waals surface area contributed by atoms with E-state index in [4.69, 9.17) is 0 Å². The van der Waals surface area contributed by atoms with Crippen molar-refractivity contribution >= 4 is 28.4 Å². The molecule has 1 saturated carbocycles. The van der Waals surface area contributed by atoms with Gasteiger partial charge in [-0.15, -0.1) is 0 Å². The molecule has 1 atom stereocenters. The summed E-state index contributed by atoms with van der Waals surface area (Å²) >= 11 is 0. The largest absolute Gasteiger partial charge is 0.356 e. The molecule has 0 saturated heterocycles. The Kier molecular flexibility index (Phi) is 4.63.